The number of aryl methyl sites for hydroxylation is 2. The van der Waals surface area contributed by atoms with Crippen LogP contribution in [0.1, 0.15) is 24.5 Å². The highest BCUT2D eigenvalue weighted by Gasteiger charge is 2.13. The van der Waals surface area contributed by atoms with Crippen LogP contribution >= 0.6 is 0 Å². The number of hydrogen-bond acceptors (Lipinski definition) is 1. The molecule has 3 aromatic carbocycles. The van der Waals surface area contributed by atoms with Gasteiger partial charge in [-0.3, -0.25) is 0 Å². The van der Waals surface area contributed by atoms with Crippen molar-refractivity contribution in [2.24, 2.45) is 0 Å². The Bertz CT molecular complexity index is 803. The Hall–Kier alpha value is -2.54. The van der Waals surface area contributed by atoms with Gasteiger partial charge < -0.3 is 5.11 Å². The summed E-state index contributed by atoms with van der Waals surface area (Å²) in [5, 5.41) is 10.5. The lowest BCUT2D eigenvalue weighted by molar-refractivity contribution is 0.476. The van der Waals surface area contributed by atoms with Gasteiger partial charge >= 0.3 is 0 Å². The summed E-state index contributed by atoms with van der Waals surface area (Å²) >= 11 is 0. The van der Waals surface area contributed by atoms with Gasteiger partial charge in [0.2, 0.25) is 0 Å². The Morgan fingerprint density at radius 1 is 0.783 bits per heavy atom. The molecule has 1 nitrogen and oxygen atoms in total. The van der Waals surface area contributed by atoms with Crippen molar-refractivity contribution in [3.8, 4) is 28.0 Å². The second kappa shape index (κ2) is 6.70. The van der Waals surface area contributed by atoms with Gasteiger partial charge in [-0.2, -0.15) is 0 Å². The minimum absolute atomic E-state index is 0.358. The van der Waals surface area contributed by atoms with Gasteiger partial charge in [0, 0.05) is 5.56 Å². The van der Waals surface area contributed by atoms with E-state index in [0.717, 1.165) is 24.0 Å². The highest BCUT2D eigenvalue weighted by Crippen LogP contribution is 2.37. The van der Waals surface area contributed by atoms with Crippen LogP contribution in [-0.4, -0.2) is 5.11 Å². The van der Waals surface area contributed by atoms with Crippen molar-refractivity contribution in [2.75, 3.05) is 0 Å². The maximum atomic E-state index is 10.5. The molecule has 0 heterocycles. The van der Waals surface area contributed by atoms with E-state index in [2.05, 4.69) is 44.2 Å². The lowest BCUT2D eigenvalue weighted by Gasteiger charge is -2.15. The fourth-order valence-corrected chi connectivity index (χ4v) is 3.08. The second-order valence-corrected chi connectivity index (χ2v) is 5.96. The van der Waals surface area contributed by atoms with Crippen molar-refractivity contribution >= 4 is 0 Å². The van der Waals surface area contributed by atoms with Gasteiger partial charge in [-0.15, -0.1) is 0 Å². The van der Waals surface area contributed by atoms with E-state index >= 15 is 0 Å². The van der Waals surface area contributed by atoms with Gasteiger partial charge in [-0.25, -0.2) is 0 Å². The third kappa shape index (κ3) is 3.14. The van der Waals surface area contributed by atoms with Crippen molar-refractivity contribution in [3.05, 3.63) is 77.9 Å². The van der Waals surface area contributed by atoms with Crippen molar-refractivity contribution in [2.45, 2.75) is 26.7 Å². The smallest absolute Gasteiger partial charge is 0.123 e. The molecule has 0 aliphatic heterocycles. The molecule has 0 spiro atoms. The summed E-state index contributed by atoms with van der Waals surface area (Å²) in [6.07, 6.45) is 2.02. The van der Waals surface area contributed by atoms with Crippen LogP contribution in [0, 0.1) is 6.92 Å². The highest BCUT2D eigenvalue weighted by molar-refractivity contribution is 5.80. The molecule has 3 aromatic rings. The van der Waals surface area contributed by atoms with E-state index in [9.17, 15) is 5.11 Å². The molecule has 1 N–H and O–H groups in total. The Morgan fingerprint density at radius 2 is 1.48 bits per heavy atom. The molecule has 0 amide bonds. The predicted molar refractivity (Wildman–Crippen MR) is 97.7 cm³/mol. The maximum absolute atomic E-state index is 10.5. The standard InChI is InChI=1S/C22H22O/c1-3-9-18-14-22(23)21(17-11-5-4-6-12-17)15-20(18)19-13-8-7-10-16(19)2/h4-8,10-15,23H,3,9H2,1-2H3. The molecule has 0 saturated carbocycles. The van der Waals surface area contributed by atoms with E-state index in [1.807, 2.05) is 36.4 Å². The summed E-state index contributed by atoms with van der Waals surface area (Å²) in [5.41, 5.74) is 6.87. The summed E-state index contributed by atoms with van der Waals surface area (Å²) in [6.45, 7) is 4.31. The quantitative estimate of drug-likeness (QED) is 0.628. The van der Waals surface area contributed by atoms with Crippen LogP contribution in [0.2, 0.25) is 0 Å². The number of rotatable bonds is 4. The zero-order valence-corrected chi connectivity index (χ0v) is 13.7. The molecule has 0 bridgehead atoms. The van der Waals surface area contributed by atoms with Crippen LogP contribution < -0.4 is 0 Å². The number of benzene rings is 3. The van der Waals surface area contributed by atoms with Gasteiger partial charge in [-0.05, 0) is 53.3 Å². The first-order chi connectivity index (χ1) is 11.2. The normalized spacial score (nSPS) is 10.7. The fraction of sp³-hybridized carbons (Fsp3) is 0.182. The Balaban J connectivity index is 2.22. The predicted octanol–water partition coefficient (Wildman–Crippen LogP) is 5.99. The van der Waals surface area contributed by atoms with Crippen molar-refractivity contribution in [1.29, 1.82) is 0 Å². The molecule has 1 heteroatoms. The Kier molecular flexibility index (Phi) is 4.47. The van der Waals surface area contributed by atoms with Crippen LogP contribution in [0.15, 0.2) is 66.7 Å². The van der Waals surface area contributed by atoms with Crippen LogP contribution in [0.4, 0.5) is 0 Å². The van der Waals surface area contributed by atoms with Crippen LogP contribution in [0.5, 0.6) is 5.75 Å². The largest absolute Gasteiger partial charge is 0.507 e. The average molecular weight is 302 g/mol. The van der Waals surface area contributed by atoms with E-state index in [4.69, 9.17) is 0 Å². The minimum atomic E-state index is 0.358. The molecule has 0 fully saturated rings. The molecular weight excluding hydrogens is 280 g/mol. The van der Waals surface area contributed by atoms with Gasteiger partial charge in [0.05, 0.1) is 0 Å². The molecule has 0 unspecified atom stereocenters. The number of phenolic OH excluding ortho intramolecular Hbond substituents is 1. The van der Waals surface area contributed by atoms with Gasteiger partial charge in [-0.1, -0.05) is 67.9 Å². The molecule has 3 rings (SSSR count). The first kappa shape index (κ1) is 15.4. The first-order valence-electron chi connectivity index (χ1n) is 8.18. The zero-order valence-electron chi connectivity index (χ0n) is 13.7. The Morgan fingerprint density at radius 3 is 2.17 bits per heavy atom. The number of aromatic hydroxyl groups is 1. The Labute approximate surface area is 138 Å². The molecule has 0 aliphatic rings. The van der Waals surface area contributed by atoms with Gasteiger partial charge in [0.1, 0.15) is 5.75 Å². The van der Waals surface area contributed by atoms with Crippen molar-refractivity contribution in [1.82, 2.24) is 0 Å². The summed E-state index contributed by atoms with van der Waals surface area (Å²) in [4.78, 5) is 0. The lowest BCUT2D eigenvalue weighted by atomic mass is 9.90. The summed E-state index contributed by atoms with van der Waals surface area (Å²) in [7, 11) is 0. The highest BCUT2D eigenvalue weighted by atomic mass is 16.3. The number of hydrogen-bond donors (Lipinski definition) is 1. The van der Waals surface area contributed by atoms with E-state index in [1.54, 1.807) is 0 Å². The van der Waals surface area contributed by atoms with E-state index in [0.29, 0.717) is 5.75 Å². The molecule has 0 aromatic heterocycles. The topological polar surface area (TPSA) is 20.2 Å². The van der Waals surface area contributed by atoms with Crippen molar-refractivity contribution in [3.63, 3.8) is 0 Å². The number of phenols is 1. The average Bonchev–Trinajstić information content (AvgIpc) is 2.57. The van der Waals surface area contributed by atoms with Crippen LogP contribution in [-0.2, 0) is 6.42 Å². The summed E-state index contributed by atoms with van der Waals surface area (Å²) in [6, 6.07) is 22.6. The van der Waals surface area contributed by atoms with E-state index in [-0.39, 0.29) is 0 Å². The zero-order chi connectivity index (χ0) is 16.2. The second-order valence-electron chi connectivity index (χ2n) is 5.96. The van der Waals surface area contributed by atoms with E-state index < -0.39 is 0 Å². The SMILES string of the molecule is CCCc1cc(O)c(-c2ccccc2)cc1-c1ccccc1C. The third-order valence-electron chi connectivity index (χ3n) is 4.26. The fourth-order valence-electron chi connectivity index (χ4n) is 3.08. The van der Waals surface area contributed by atoms with E-state index in [1.165, 1.54) is 22.3 Å². The van der Waals surface area contributed by atoms with Gasteiger partial charge in [0.25, 0.3) is 0 Å². The van der Waals surface area contributed by atoms with Crippen molar-refractivity contribution < 1.29 is 5.11 Å². The van der Waals surface area contributed by atoms with Crippen LogP contribution in [0.3, 0.4) is 0 Å². The molecule has 0 aliphatic carbocycles. The van der Waals surface area contributed by atoms with Gasteiger partial charge in [0.15, 0.2) is 0 Å². The van der Waals surface area contributed by atoms with Crippen LogP contribution in [0.25, 0.3) is 22.3 Å². The minimum Gasteiger partial charge on any atom is -0.507 e. The lowest BCUT2D eigenvalue weighted by Crippen LogP contribution is -1.93. The maximum Gasteiger partial charge on any atom is 0.123 e. The monoisotopic (exact) mass is 302 g/mol. The molecule has 0 atom stereocenters. The molecule has 23 heavy (non-hydrogen) atoms. The first-order valence-corrected chi connectivity index (χ1v) is 8.18. The molecular formula is C22H22O. The summed E-state index contributed by atoms with van der Waals surface area (Å²) in [5.74, 6) is 0.358. The third-order valence-corrected chi connectivity index (χ3v) is 4.26. The molecule has 116 valence electrons. The molecule has 0 saturated heterocycles. The summed E-state index contributed by atoms with van der Waals surface area (Å²) < 4.78 is 0. The molecule has 0 radical (unpaired) electrons.